The highest BCUT2D eigenvalue weighted by Crippen LogP contribution is 2.26. The van der Waals surface area contributed by atoms with Gasteiger partial charge in [-0.05, 0) is 54.3 Å². The van der Waals surface area contributed by atoms with Gasteiger partial charge in [0, 0.05) is 19.3 Å². The second-order valence-electron chi connectivity index (χ2n) is 5.05. The molecule has 1 aromatic carbocycles. The number of aromatic nitrogens is 1. The van der Waals surface area contributed by atoms with E-state index >= 15 is 0 Å². The first-order chi connectivity index (χ1) is 9.67. The molecule has 20 heavy (non-hydrogen) atoms. The highest BCUT2D eigenvalue weighted by Gasteiger charge is 2.19. The van der Waals surface area contributed by atoms with Crippen molar-refractivity contribution in [1.82, 2.24) is 4.98 Å². The first-order valence-electron chi connectivity index (χ1n) is 6.56. The minimum atomic E-state index is -0.161. The molecule has 0 bridgehead atoms. The molecule has 100 valence electrons. The Kier molecular flexibility index (Phi) is 3.11. The maximum atomic E-state index is 13.4. The molecular weight excluding hydrogens is 253 g/mol. The lowest BCUT2D eigenvalue weighted by molar-refractivity contribution is 0.616. The topological polar surface area (TPSA) is 39.9 Å². The largest absolute Gasteiger partial charge is 0.352 e. The Bertz CT molecular complexity index is 686. The first kappa shape index (κ1) is 12.6. The van der Waals surface area contributed by atoms with Crippen LogP contribution in [0, 0.1) is 24.1 Å². The molecule has 2 heterocycles. The fraction of sp³-hybridized carbons (Fsp3) is 0.250. The number of nitriles is 1. The van der Waals surface area contributed by atoms with E-state index in [-0.39, 0.29) is 5.82 Å². The third kappa shape index (κ3) is 2.23. The summed E-state index contributed by atoms with van der Waals surface area (Å²) < 4.78 is 13.4. The van der Waals surface area contributed by atoms with Gasteiger partial charge in [0.25, 0.3) is 0 Å². The SMILES string of the molecule is Cc1cc(F)cc2c1CN(c1ccc(C#N)cn1)CC2. The molecule has 0 amide bonds. The molecule has 1 aromatic heterocycles. The van der Waals surface area contributed by atoms with Crippen LogP contribution in [0.25, 0.3) is 0 Å². The highest BCUT2D eigenvalue weighted by atomic mass is 19.1. The molecule has 0 atom stereocenters. The van der Waals surface area contributed by atoms with Crippen molar-refractivity contribution in [3.63, 3.8) is 0 Å². The number of nitrogens with zero attached hydrogens (tertiary/aromatic N) is 3. The van der Waals surface area contributed by atoms with Crippen LogP contribution in [0.2, 0.25) is 0 Å². The molecule has 0 fully saturated rings. The highest BCUT2D eigenvalue weighted by molar-refractivity contribution is 5.47. The normalized spacial score (nSPS) is 13.8. The third-order valence-electron chi connectivity index (χ3n) is 3.73. The summed E-state index contributed by atoms with van der Waals surface area (Å²) in [5.41, 5.74) is 3.82. The number of hydrogen-bond acceptors (Lipinski definition) is 3. The smallest absolute Gasteiger partial charge is 0.128 e. The maximum Gasteiger partial charge on any atom is 0.128 e. The molecule has 0 saturated heterocycles. The van der Waals surface area contributed by atoms with Crippen molar-refractivity contribution >= 4 is 5.82 Å². The van der Waals surface area contributed by atoms with E-state index < -0.39 is 0 Å². The van der Waals surface area contributed by atoms with Gasteiger partial charge in [0.15, 0.2) is 0 Å². The van der Waals surface area contributed by atoms with E-state index in [4.69, 9.17) is 5.26 Å². The molecule has 3 nitrogen and oxygen atoms in total. The van der Waals surface area contributed by atoms with Gasteiger partial charge < -0.3 is 4.90 Å². The van der Waals surface area contributed by atoms with Crippen molar-refractivity contribution in [2.45, 2.75) is 19.9 Å². The van der Waals surface area contributed by atoms with Crippen LogP contribution in [0.5, 0.6) is 0 Å². The number of pyridine rings is 1. The first-order valence-corrected chi connectivity index (χ1v) is 6.56. The van der Waals surface area contributed by atoms with E-state index in [0.29, 0.717) is 5.56 Å². The number of halogens is 1. The van der Waals surface area contributed by atoms with E-state index in [2.05, 4.69) is 16.0 Å². The van der Waals surface area contributed by atoms with Crippen LogP contribution < -0.4 is 4.90 Å². The zero-order valence-corrected chi connectivity index (χ0v) is 11.2. The van der Waals surface area contributed by atoms with E-state index in [1.165, 1.54) is 5.56 Å². The summed E-state index contributed by atoms with van der Waals surface area (Å²) in [5.74, 6) is 0.699. The monoisotopic (exact) mass is 267 g/mol. The number of rotatable bonds is 1. The lowest BCUT2D eigenvalue weighted by atomic mass is 9.95. The standard InChI is InChI=1S/C16H14FN3/c1-11-6-14(17)7-13-4-5-20(10-15(11)13)16-3-2-12(8-18)9-19-16/h2-3,6-7,9H,4-5,10H2,1H3. The Morgan fingerprint density at radius 3 is 2.90 bits per heavy atom. The minimum Gasteiger partial charge on any atom is -0.352 e. The summed E-state index contributed by atoms with van der Waals surface area (Å²) in [6, 6.07) is 8.91. The molecule has 3 rings (SSSR count). The number of fused-ring (bicyclic) bond motifs is 1. The fourth-order valence-corrected chi connectivity index (χ4v) is 2.65. The predicted molar refractivity (Wildman–Crippen MR) is 74.8 cm³/mol. The summed E-state index contributed by atoms with van der Waals surface area (Å²) in [7, 11) is 0. The Hall–Kier alpha value is -2.41. The third-order valence-corrected chi connectivity index (χ3v) is 3.73. The molecular formula is C16H14FN3. The van der Waals surface area contributed by atoms with E-state index in [1.807, 2.05) is 13.0 Å². The van der Waals surface area contributed by atoms with Crippen molar-refractivity contribution in [1.29, 1.82) is 5.26 Å². The Morgan fingerprint density at radius 2 is 2.20 bits per heavy atom. The predicted octanol–water partition coefficient (Wildman–Crippen LogP) is 2.96. The van der Waals surface area contributed by atoms with Crippen molar-refractivity contribution in [2.24, 2.45) is 0 Å². The van der Waals surface area contributed by atoms with E-state index in [1.54, 1.807) is 24.4 Å². The zero-order valence-electron chi connectivity index (χ0n) is 11.2. The zero-order chi connectivity index (χ0) is 14.1. The van der Waals surface area contributed by atoms with Crippen LogP contribution >= 0.6 is 0 Å². The van der Waals surface area contributed by atoms with Crippen LogP contribution in [0.3, 0.4) is 0 Å². The van der Waals surface area contributed by atoms with Crippen LogP contribution in [-0.4, -0.2) is 11.5 Å². The lowest BCUT2D eigenvalue weighted by Crippen LogP contribution is -2.31. The van der Waals surface area contributed by atoms with Crippen LogP contribution in [0.1, 0.15) is 22.3 Å². The average molecular weight is 267 g/mol. The Morgan fingerprint density at radius 1 is 1.35 bits per heavy atom. The molecule has 0 spiro atoms. The van der Waals surface area contributed by atoms with Crippen molar-refractivity contribution in [2.75, 3.05) is 11.4 Å². The lowest BCUT2D eigenvalue weighted by Gasteiger charge is -2.30. The van der Waals surface area contributed by atoms with Crippen LogP contribution in [0.15, 0.2) is 30.5 Å². The second kappa shape index (κ2) is 4.93. The number of aryl methyl sites for hydroxylation is 1. The van der Waals surface area contributed by atoms with Gasteiger partial charge in [-0.15, -0.1) is 0 Å². The van der Waals surface area contributed by atoms with Crippen molar-refractivity contribution < 1.29 is 4.39 Å². The second-order valence-corrected chi connectivity index (χ2v) is 5.05. The van der Waals surface area contributed by atoms with Gasteiger partial charge in [-0.3, -0.25) is 0 Å². The molecule has 0 aliphatic carbocycles. The fourth-order valence-electron chi connectivity index (χ4n) is 2.65. The molecule has 0 N–H and O–H groups in total. The van der Waals surface area contributed by atoms with Crippen LogP contribution in [-0.2, 0) is 13.0 Å². The molecule has 0 saturated carbocycles. The molecule has 4 heteroatoms. The molecule has 1 aliphatic heterocycles. The van der Waals surface area contributed by atoms with Gasteiger partial charge in [0.05, 0.1) is 5.56 Å². The number of benzene rings is 1. The minimum absolute atomic E-state index is 0.161. The van der Waals surface area contributed by atoms with Gasteiger partial charge >= 0.3 is 0 Å². The summed E-state index contributed by atoms with van der Waals surface area (Å²) in [6.07, 6.45) is 2.40. The average Bonchev–Trinajstić information content (AvgIpc) is 2.47. The van der Waals surface area contributed by atoms with Crippen LogP contribution in [0.4, 0.5) is 10.2 Å². The molecule has 0 radical (unpaired) electrons. The number of hydrogen-bond donors (Lipinski definition) is 0. The maximum absolute atomic E-state index is 13.4. The summed E-state index contributed by atoms with van der Waals surface area (Å²) in [6.45, 7) is 3.49. The van der Waals surface area contributed by atoms with E-state index in [0.717, 1.165) is 36.5 Å². The Labute approximate surface area is 117 Å². The van der Waals surface area contributed by atoms with Gasteiger partial charge in [-0.25, -0.2) is 9.37 Å². The molecule has 0 unspecified atom stereocenters. The molecule has 1 aliphatic rings. The summed E-state index contributed by atoms with van der Waals surface area (Å²) in [4.78, 5) is 6.48. The van der Waals surface area contributed by atoms with Gasteiger partial charge in [-0.1, -0.05) is 0 Å². The summed E-state index contributed by atoms with van der Waals surface area (Å²) in [5, 5.41) is 8.79. The quantitative estimate of drug-likeness (QED) is 0.797. The van der Waals surface area contributed by atoms with E-state index in [9.17, 15) is 4.39 Å². The molecule has 2 aromatic rings. The Balaban J connectivity index is 1.90. The van der Waals surface area contributed by atoms with Gasteiger partial charge in [0.2, 0.25) is 0 Å². The van der Waals surface area contributed by atoms with Crippen molar-refractivity contribution in [3.05, 3.63) is 58.5 Å². The van der Waals surface area contributed by atoms with Gasteiger partial charge in [0.1, 0.15) is 17.7 Å². The number of anilines is 1. The summed E-state index contributed by atoms with van der Waals surface area (Å²) >= 11 is 0. The van der Waals surface area contributed by atoms with Crippen molar-refractivity contribution in [3.8, 4) is 6.07 Å². The van der Waals surface area contributed by atoms with Gasteiger partial charge in [-0.2, -0.15) is 5.26 Å².